The second-order valence-electron chi connectivity index (χ2n) is 4.45. The first-order chi connectivity index (χ1) is 3.71. The summed E-state index contributed by atoms with van der Waals surface area (Å²) in [7, 11) is 0.851. The van der Waals surface area contributed by atoms with Gasteiger partial charge in [0.2, 0.25) is 0 Å². The molecule has 56 valence electrons. The van der Waals surface area contributed by atoms with Crippen LogP contribution in [0, 0.1) is 0 Å². The fourth-order valence-electron chi connectivity index (χ4n) is 1.01. The second kappa shape index (κ2) is 4.31. The number of rotatable bonds is 1. The van der Waals surface area contributed by atoms with Crippen LogP contribution in [0.25, 0.3) is 0 Å². The third-order valence-corrected chi connectivity index (χ3v) is 6.04. The van der Waals surface area contributed by atoms with Crippen LogP contribution in [-0.2, 0) is 0 Å². The van der Waals surface area contributed by atoms with Gasteiger partial charge in [-0.3, -0.25) is 0 Å². The number of hydrogen-bond donors (Lipinski definition) is 0. The largest absolute Gasteiger partial charge is 1.00 e. The van der Waals surface area contributed by atoms with Crippen molar-refractivity contribution < 1.29 is 18.9 Å². The van der Waals surface area contributed by atoms with E-state index in [2.05, 4.69) is 40.4 Å². The summed E-state index contributed by atoms with van der Waals surface area (Å²) in [5.74, 6) is 0. The summed E-state index contributed by atoms with van der Waals surface area (Å²) in [6.45, 7) is 14.2. The first-order valence-electron chi connectivity index (χ1n) is 3.45. The molecule has 0 bridgehead atoms. The molecule has 0 N–H and O–H groups in total. The van der Waals surface area contributed by atoms with E-state index in [0.29, 0.717) is 5.16 Å². The van der Waals surface area contributed by atoms with Crippen molar-refractivity contribution in [2.24, 2.45) is 0 Å². The molecule has 0 aromatic rings. The molecule has 0 aliphatic carbocycles. The summed E-state index contributed by atoms with van der Waals surface area (Å²) in [4.78, 5) is 0. The monoisotopic (exact) mass is 168 g/mol. The summed E-state index contributed by atoms with van der Waals surface area (Å²) < 4.78 is 0. The van der Waals surface area contributed by atoms with Crippen molar-refractivity contribution in [2.45, 2.75) is 45.6 Å². The molecule has 0 aromatic heterocycles. The molecule has 0 fully saturated rings. The van der Waals surface area contributed by atoms with Gasteiger partial charge in [0.05, 0.1) is 0 Å². The van der Waals surface area contributed by atoms with E-state index >= 15 is 0 Å². The van der Waals surface area contributed by atoms with Gasteiger partial charge in [-0.1, -0.05) is 40.4 Å². The van der Waals surface area contributed by atoms with Gasteiger partial charge in [0.25, 0.3) is 0 Å². The predicted molar refractivity (Wildman–Crippen MR) is 50.0 cm³/mol. The van der Waals surface area contributed by atoms with Crippen LogP contribution < -0.4 is 18.9 Å². The van der Waals surface area contributed by atoms with Crippen molar-refractivity contribution in [1.29, 1.82) is 0 Å². The summed E-state index contributed by atoms with van der Waals surface area (Å²) in [5.41, 5.74) is 0. The minimum Gasteiger partial charge on any atom is -0.535 e. The third-order valence-electron chi connectivity index (χ3n) is 0.671. The molecule has 0 spiro atoms. The van der Waals surface area contributed by atoms with Crippen LogP contribution in [0.5, 0.6) is 0 Å². The standard InChI is InChI=1S/C7H18PSi.Li/c1-7(2,3)8-9(4,5)6;/h1-6H3;/q-1;+1. The van der Waals surface area contributed by atoms with E-state index in [9.17, 15) is 0 Å². The number of hydrogen-bond acceptors (Lipinski definition) is 0. The van der Waals surface area contributed by atoms with Crippen molar-refractivity contribution in [2.75, 3.05) is 0 Å². The Morgan fingerprint density at radius 3 is 1.30 bits per heavy atom. The molecule has 0 unspecified atom stereocenters. The molecule has 0 saturated heterocycles. The van der Waals surface area contributed by atoms with Crippen LogP contribution >= 0.6 is 8.13 Å². The third kappa shape index (κ3) is 12.0. The van der Waals surface area contributed by atoms with Crippen molar-refractivity contribution >= 4 is 15.9 Å². The van der Waals surface area contributed by atoms with Gasteiger partial charge in [-0.25, -0.2) is 0 Å². The smallest absolute Gasteiger partial charge is 0.535 e. The maximum absolute atomic E-state index is 2.42. The van der Waals surface area contributed by atoms with Gasteiger partial charge in [-0.15, -0.1) is 7.74 Å². The average Bonchev–Trinajstić information content (AvgIpc) is 1.14. The minimum absolute atomic E-state index is 0. The predicted octanol–water partition coefficient (Wildman–Crippen LogP) is 0.570. The Morgan fingerprint density at radius 2 is 1.30 bits per heavy atom. The van der Waals surface area contributed by atoms with Crippen LogP contribution in [0.4, 0.5) is 0 Å². The van der Waals surface area contributed by atoms with E-state index < -0.39 is 7.74 Å². The molecule has 0 aliphatic rings. The van der Waals surface area contributed by atoms with E-state index in [1.807, 2.05) is 0 Å². The van der Waals surface area contributed by atoms with Crippen molar-refractivity contribution in [3.63, 3.8) is 0 Å². The average molecular weight is 168 g/mol. The summed E-state index contributed by atoms with van der Waals surface area (Å²) in [6.07, 6.45) is 0. The van der Waals surface area contributed by atoms with Crippen molar-refractivity contribution in [1.82, 2.24) is 0 Å². The van der Waals surface area contributed by atoms with E-state index in [1.54, 1.807) is 8.13 Å². The normalized spacial score (nSPS) is 13.8. The molecular formula is C7H18LiPSi. The first-order valence-corrected chi connectivity index (χ1v) is 8.68. The molecule has 3 heteroatoms. The molecular weight excluding hydrogens is 150 g/mol. The van der Waals surface area contributed by atoms with E-state index in [0.717, 1.165) is 0 Å². The van der Waals surface area contributed by atoms with Gasteiger partial charge < -0.3 is 8.13 Å². The maximum atomic E-state index is 2.42. The van der Waals surface area contributed by atoms with Gasteiger partial charge in [0, 0.05) is 0 Å². The van der Waals surface area contributed by atoms with Crippen molar-refractivity contribution in [3.05, 3.63) is 0 Å². The maximum Gasteiger partial charge on any atom is 1.00 e. The van der Waals surface area contributed by atoms with Crippen LogP contribution in [0.15, 0.2) is 0 Å². The molecule has 0 saturated carbocycles. The zero-order chi connectivity index (χ0) is 7.71. The second-order valence-corrected chi connectivity index (χ2v) is 15.1. The molecule has 0 atom stereocenters. The Kier molecular flexibility index (Phi) is 5.96. The molecule has 0 rings (SSSR count). The Balaban J connectivity index is 0. The molecule has 0 nitrogen and oxygen atoms in total. The SMILES string of the molecule is CC(C)(C)[P-][Si](C)(C)C.[Li+]. The Labute approximate surface area is 80.4 Å². The van der Waals surface area contributed by atoms with Crippen LogP contribution in [0.2, 0.25) is 19.6 Å². The zero-order valence-electron chi connectivity index (χ0n) is 8.45. The van der Waals surface area contributed by atoms with Gasteiger partial charge in [-0.2, -0.15) is 5.16 Å². The van der Waals surface area contributed by atoms with Crippen LogP contribution in [0.1, 0.15) is 20.8 Å². The van der Waals surface area contributed by atoms with E-state index in [-0.39, 0.29) is 18.9 Å². The summed E-state index contributed by atoms with van der Waals surface area (Å²) in [6, 6.07) is 0. The molecule has 0 aliphatic heterocycles. The van der Waals surface area contributed by atoms with Gasteiger partial charge in [0.1, 0.15) is 0 Å². The molecule has 0 aromatic carbocycles. The van der Waals surface area contributed by atoms with Gasteiger partial charge in [0.15, 0.2) is 0 Å². The fraction of sp³-hybridized carbons (Fsp3) is 1.00. The summed E-state index contributed by atoms with van der Waals surface area (Å²) >= 11 is 0. The Morgan fingerprint density at radius 1 is 1.00 bits per heavy atom. The molecule has 0 radical (unpaired) electrons. The Hall–Kier alpha value is 1.24. The zero-order valence-corrected chi connectivity index (χ0v) is 10.3. The fourth-order valence-corrected chi connectivity index (χ4v) is 9.06. The van der Waals surface area contributed by atoms with Crippen molar-refractivity contribution in [3.8, 4) is 0 Å². The topological polar surface area (TPSA) is 0 Å². The first kappa shape index (κ1) is 13.8. The van der Waals surface area contributed by atoms with Crippen LogP contribution in [0.3, 0.4) is 0 Å². The Bertz CT molecular complexity index is 78.8. The van der Waals surface area contributed by atoms with Crippen LogP contribution in [-0.4, -0.2) is 12.9 Å². The quantitative estimate of drug-likeness (QED) is 0.396. The molecule has 0 heterocycles. The molecule has 10 heavy (non-hydrogen) atoms. The van der Waals surface area contributed by atoms with E-state index in [4.69, 9.17) is 0 Å². The molecule has 0 amide bonds. The summed E-state index contributed by atoms with van der Waals surface area (Å²) in [5, 5.41) is 0.518. The van der Waals surface area contributed by atoms with Gasteiger partial charge in [-0.05, 0) is 0 Å². The minimum atomic E-state index is -0.820. The van der Waals surface area contributed by atoms with Gasteiger partial charge >= 0.3 is 18.9 Å². The van der Waals surface area contributed by atoms with E-state index in [1.165, 1.54) is 0 Å².